The molecular weight excluding hydrogens is 318 g/mol. The predicted molar refractivity (Wildman–Crippen MR) is 89.1 cm³/mol. The number of halogens is 1. The van der Waals surface area contributed by atoms with Crippen LogP contribution in [0.15, 0.2) is 47.6 Å². The zero-order chi connectivity index (χ0) is 16.7. The Morgan fingerprint density at radius 1 is 1.30 bits per heavy atom. The van der Waals surface area contributed by atoms with E-state index in [9.17, 15) is 4.79 Å². The van der Waals surface area contributed by atoms with Gasteiger partial charge in [-0.2, -0.15) is 5.10 Å². The minimum absolute atomic E-state index is 0.369. The van der Waals surface area contributed by atoms with E-state index < -0.39 is 6.03 Å². The third-order valence-corrected chi connectivity index (χ3v) is 3.09. The van der Waals surface area contributed by atoms with Crippen LogP contribution in [0.2, 0.25) is 5.02 Å². The number of amides is 2. The molecule has 0 heterocycles. The maximum atomic E-state index is 10.6. The van der Waals surface area contributed by atoms with Gasteiger partial charge < -0.3 is 15.2 Å². The summed E-state index contributed by atoms with van der Waals surface area (Å²) in [6.07, 6.45) is 1.45. The number of primary amides is 1. The zero-order valence-corrected chi connectivity index (χ0v) is 13.2. The molecule has 23 heavy (non-hydrogen) atoms. The summed E-state index contributed by atoms with van der Waals surface area (Å²) in [6.45, 7) is 0.369. The van der Waals surface area contributed by atoms with Crippen LogP contribution in [0.3, 0.4) is 0 Å². The molecule has 7 heteroatoms. The van der Waals surface area contributed by atoms with Gasteiger partial charge in [-0.1, -0.05) is 23.7 Å². The first-order valence-electron chi connectivity index (χ1n) is 6.72. The minimum atomic E-state index is -0.727. The van der Waals surface area contributed by atoms with E-state index >= 15 is 0 Å². The first kappa shape index (κ1) is 16.6. The van der Waals surface area contributed by atoms with Crippen LogP contribution in [0.25, 0.3) is 0 Å². The highest BCUT2D eigenvalue weighted by Crippen LogP contribution is 2.28. The van der Waals surface area contributed by atoms with Gasteiger partial charge in [0.25, 0.3) is 0 Å². The number of nitrogens with zero attached hydrogens (tertiary/aromatic N) is 1. The van der Waals surface area contributed by atoms with Crippen LogP contribution in [-0.4, -0.2) is 19.4 Å². The van der Waals surface area contributed by atoms with Crippen molar-refractivity contribution < 1.29 is 14.3 Å². The van der Waals surface area contributed by atoms with Crippen molar-refractivity contribution in [3.63, 3.8) is 0 Å². The Kier molecular flexibility index (Phi) is 5.82. The van der Waals surface area contributed by atoms with E-state index in [2.05, 4.69) is 10.5 Å². The van der Waals surface area contributed by atoms with Gasteiger partial charge in [0.2, 0.25) is 0 Å². The number of methoxy groups -OCH3 is 1. The van der Waals surface area contributed by atoms with Crippen molar-refractivity contribution in [3.8, 4) is 11.5 Å². The summed E-state index contributed by atoms with van der Waals surface area (Å²) in [6, 6.07) is 12.0. The van der Waals surface area contributed by atoms with Gasteiger partial charge in [0.05, 0.1) is 13.3 Å². The second-order valence-electron chi connectivity index (χ2n) is 4.56. The normalized spacial score (nSPS) is 10.5. The summed E-state index contributed by atoms with van der Waals surface area (Å²) in [4.78, 5) is 10.6. The number of hydrogen-bond acceptors (Lipinski definition) is 4. The predicted octanol–water partition coefficient (Wildman–Crippen LogP) is 2.93. The maximum absolute atomic E-state index is 10.6. The molecule has 2 rings (SSSR count). The number of carbonyl (C=O) groups is 1. The second-order valence-corrected chi connectivity index (χ2v) is 5.00. The molecule has 0 atom stereocenters. The Morgan fingerprint density at radius 2 is 2.13 bits per heavy atom. The Morgan fingerprint density at radius 3 is 2.83 bits per heavy atom. The van der Waals surface area contributed by atoms with Crippen molar-refractivity contribution in [2.24, 2.45) is 10.8 Å². The summed E-state index contributed by atoms with van der Waals surface area (Å²) in [5.41, 5.74) is 8.73. The molecule has 0 fully saturated rings. The zero-order valence-electron chi connectivity index (χ0n) is 12.5. The highest BCUT2D eigenvalue weighted by atomic mass is 35.5. The molecule has 0 radical (unpaired) electrons. The Bertz CT molecular complexity index is 719. The Labute approximate surface area is 138 Å². The highest BCUT2D eigenvalue weighted by molar-refractivity contribution is 6.30. The Balaban J connectivity index is 2.07. The highest BCUT2D eigenvalue weighted by Gasteiger charge is 2.06. The van der Waals surface area contributed by atoms with E-state index in [-0.39, 0.29) is 0 Å². The smallest absolute Gasteiger partial charge is 0.332 e. The molecule has 0 bridgehead atoms. The first-order chi connectivity index (χ1) is 11.1. The quantitative estimate of drug-likeness (QED) is 0.629. The number of nitrogens with two attached hydrogens (primary N) is 1. The number of benzene rings is 2. The van der Waals surface area contributed by atoms with E-state index in [1.165, 1.54) is 6.21 Å². The van der Waals surface area contributed by atoms with Gasteiger partial charge >= 0.3 is 6.03 Å². The maximum Gasteiger partial charge on any atom is 0.332 e. The topological polar surface area (TPSA) is 85.9 Å². The summed E-state index contributed by atoms with van der Waals surface area (Å²) in [5.74, 6) is 1.14. The molecule has 0 unspecified atom stereocenters. The average molecular weight is 334 g/mol. The van der Waals surface area contributed by atoms with Crippen molar-refractivity contribution >= 4 is 23.8 Å². The fraction of sp³-hybridized carbons (Fsp3) is 0.125. The van der Waals surface area contributed by atoms with Crippen LogP contribution in [0, 0.1) is 0 Å². The number of nitrogens with one attached hydrogen (secondary N) is 1. The van der Waals surface area contributed by atoms with Gasteiger partial charge in [-0.3, -0.25) is 0 Å². The van der Waals surface area contributed by atoms with Gasteiger partial charge in [0, 0.05) is 5.02 Å². The van der Waals surface area contributed by atoms with E-state index in [0.29, 0.717) is 23.1 Å². The number of urea groups is 1. The monoisotopic (exact) mass is 333 g/mol. The van der Waals surface area contributed by atoms with Gasteiger partial charge in [0.1, 0.15) is 6.61 Å². The number of carbonyl (C=O) groups excluding carboxylic acids is 1. The molecule has 3 N–H and O–H groups in total. The Hall–Kier alpha value is -2.73. The molecule has 0 aliphatic rings. The van der Waals surface area contributed by atoms with Gasteiger partial charge in [-0.05, 0) is 41.5 Å². The van der Waals surface area contributed by atoms with Crippen molar-refractivity contribution in [1.29, 1.82) is 0 Å². The lowest BCUT2D eigenvalue weighted by Gasteiger charge is -2.11. The molecule has 0 aliphatic heterocycles. The average Bonchev–Trinajstić information content (AvgIpc) is 2.53. The molecule has 2 aromatic rings. The molecule has 0 spiro atoms. The van der Waals surface area contributed by atoms with Crippen molar-refractivity contribution in [3.05, 3.63) is 58.6 Å². The molecule has 6 nitrogen and oxygen atoms in total. The lowest BCUT2D eigenvalue weighted by molar-refractivity contribution is 0.249. The largest absolute Gasteiger partial charge is 0.493 e. The number of hydrogen-bond donors (Lipinski definition) is 2. The van der Waals surface area contributed by atoms with Crippen molar-refractivity contribution in [2.45, 2.75) is 6.61 Å². The van der Waals surface area contributed by atoms with Gasteiger partial charge in [-0.15, -0.1) is 0 Å². The fourth-order valence-electron chi connectivity index (χ4n) is 1.84. The van der Waals surface area contributed by atoms with E-state index in [4.69, 9.17) is 26.8 Å². The summed E-state index contributed by atoms with van der Waals surface area (Å²) >= 11 is 5.94. The van der Waals surface area contributed by atoms with E-state index in [1.807, 2.05) is 18.2 Å². The van der Waals surface area contributed by atoms with Crippen LogP contribution in [0.4, 0.5) is 4.79 Å². The summed E-state index contributed by atoms with van der Waals surface area (Å²) < 4.78 is 11.0. The molecule has 2 amide bonds. The van der Waals surface area contributed by atoms with Crippen LogP contribution in [0.5, 0.6) is 11.5 Å². The molecule has 0 aromatic heterocycles. The van der Waals surface area contributed by atoms with Crippen LogP contribution < -0.4 is 20.6 Å². The second kappa shape index (κ2) is 8.05. The van der Waals surface area contributed by atoms with Crippen LogP contribution in [-0.2, 0) is 6.61 Å². The van der Waals surface area contributed by atoms with Crippen molar-refractivity contribution in [2.75, 3.05) is 7.11 Å². The van der Waals surface area contributed by atoms with Crippen LogP contribution >= 0.6 is 11.6 Å². The standard InChI is InChI=1S/C16H16ClN3O3/c1-22-15-8-11(9-19-20-16(18)21)5-6-14(15)23-10-12-3-2-4-13(17)7-12/h2-9H,10H2,1H3,(H3,18,20,21)/b19-9-. The third kappa shape index (κ3) is 5.19. The lowest BCUT2D eigenvalue weighted by atomic mass is 10.2. The molecule has 0 saturated carbocycles. The minimum Gasteiger partial charge on any atom is -0.493 e. The first-order valence-corrected chi connectivity index (χ1v) is 7.10. The van der Waals surface area contributed by atoms with Crippen LogP contribution in [0.1, 0.15) is 11.1 Å². The third-order valence-electron chi connectivity index (χ3n) is 2.86. The molecule has 2 aromatic carbocycles. The molecule has 0 saturated heterocycles. The number of rotatable bonds is 6. The molecule has 120 valence electrons. The summed E-state index contributed by atoms with van der Waals surface area (Å²) in [7, 11) is 1.55. The fourth-order valence-corrected chi connectivity index (χ4v) is 2.05. The molecule has 0 aliphatic carbocycles. The SMILES string of the molecule is COc1cc(/C=N\NC(N)=O)ccc1OCc1cccc(Cl)c1. The van der Waals surface area contributed by atoms with E-state index in [1.54, 1.807) is 31.4 Å². The van der Waals surface area contributed by atoms with E-state index in [0.717, 1.165) is 11.1 Å². The lowest BCUT2D eigenvalue weighted by Crippen LogP contribution is -2.24. The number of ether oxygens (including phenoxy) is 2. The van der Waals surface area contributed by atoms with Gasteiger partial charge in [0.15, 0.2) is 11.5 Å². The number of hydrazone groups is 1. The molecular formula is C16H16ClN3O3. The van der Waals surface area contributed by atoms with Gasteiger partial charge in [-0.25, -0.2) is 10.2 Å². The van der Waals surface area contributed by atoms with Crippen molar-refractivity contribution in [1.82, 2.24) is 5.43 Å². The summed E-state index contributed by atoms with van der Waals surface area (Å²) in [5, 5.41) is 4.35.